The molecule has 3 rings (SSSR count). The van der Waals surface area contributed by atoms with E-state index in [2.05, 4.69) is 22.3 Å². The van der Waals surface area contributed by atoms with Crippen molar-refractivity contribution in [3.63, 3.8) is 0 Å². The number of amides is 1. The zero-order valence-electron chi connectivity index (χ0n) is 12.6. The van der Waals surface area contributed by atoms with Crippen molar-refractivity contribution in [2.24, 2.45) is 0 Å². The van der Waals surface area contributed by atoms with Crippen LogP contribution in [0.3, 0.4) is 0 Å². The largest absolute Gasteiger partial charge is 0.325 e. The number of carbonyl (C=O) groups excluding carboxylic acids is 1. The van der Waals surface area contributed by atoms with Crippen molar-refractivity contribution in [1.29, 1.82) is 0 Å². The van der Waals surface area contributed by atoms with Crippen LogP contribution < -0.4 is 5.32 Å². The number of anilines is 1. The highest BCUT2D eigenvalue weighted by molar-refractivity contribution is 6.31. The molecule has 0 saturated heterocycles. The molecule has 0 radical (unpaired) electrons. The van der Waals surface area contributed by atoms with Gasteiger partial charge in [-0.25, -0.2) is 4.39 Å². The molecule has 1 aliphatic rings. The van der Waals surface area contributed by atoms with Gasteiger partial charge in [0.25, 0.3) is 0 Å². The van der Waals surface area contributed by atoms with Crippen LogP contribution in [0.4, 0.5) is 10.1 Å². The molecular weight excluding hydrogens is 315 g/mol. The first-order valence-electron chi connectivity index (χ1n) is 7.65. The monoisotopic (exact) mass is 332 g/mol. The minimum atomic E-state index is -0.492. The van der Waals surface area contributed by atoms with Crippen molar-refractivity contribution in [3.8, 4) is 0 Å². The van der Waals surface area contributed by atoms with Crippen LogP contribution in [-0.4, -0.2) is 23.4 Å². The van der Waals surface area contributed by atoms with Crippen LogP contribution in [0.5, 0.6) is 0 Å². The maximum Gasteiger partial charge on any atom is 0.238 e. The average Bonchev–Trinajstić information content (AvgIpc) is 3.36. The summed E-state index contributed by atoms with van der Waals surface area (Å²) < 4.78 is 13.1. The first-order chi connectivity index (χ1) is 11.1. The Kier molecular flexibility index (Phi) is 4.94. The number of nitrogens with one attached hydrogen (secondary N) is 1. The minimum Gasteiger partial charge on any atom is -0.325 e. The third-order valence-electron chi connectivity index (χ3n) is 3.84. The fourth-order valence-electron chi connectivity index (χ4n) is 2.53. The molecule has 0 bridgehead atoms. The fraction of sp³-hybridized carbons (Fsp3) is 0.278. The summed E-state index contributed by atoms with van der Waals surface area (Å²) in [7, 11) is 0. The van der Waals surface area contributed by atoms with E-state index in [0.29, 0.717) is 18.3 Å². The van der Waals surface area contributed by atoms with E-state index in [1.165, 1.54) is 23.8 Å². The summed E-state index contributed by atoms with van der Waals surface area (Å²) in [4.78, 5) is 14.4. The van der Waals surface area contributed by atoms with E-state index < -0.39 is 5.82 Å². The number of benzene rings is 2. The molecule has 120 valence electrons. The Labute approximate surface area is 140 Å². The van der Waals surface area contributed by atoms with Gasteiger partial charge in [-0.2, -0.15) is 0 Å². The molecule has 2 aromatic carbocycles. The predicted octanol–water partition coefficient (Wildman–Crippen LogP) is 4.08. The van der Waals surface area contributed by atoms with Crippen LogP contribution in [0, 0.1) is 5.82 Å². The summed E-state index contributed by atoms with van der Waals surface area (Å²) in [6, 6.07) is 14.8. The molecule has 0 atom stereocenters. The summed E-state index contributed by atoms with van der Waals surface area (Å²) in [5, 5.41) is 2.78. The lowest BCUT2D eigenvalue weighted by atomic mass is 10.2. The van der Waals surface area contributed by atoms with Gasteiger partial charge < -0.3 is 5.32 Å². The lowest BCUT2D eigenvalue weighted by Gasteiger charge is -2.21. The van der Waals surface area contributed by atoms with E-state index in [-0.39, 0.29) is 10.9 Å². The number of halogens is 2. The molecule has 1 N–H and O–H groups in total. The molecule has 2 aromatic rings. The second-order valence-electron chi connectivity index (χ2n) is 5.80. The zero-order chi connectivity index (χ0) is 16.2. The SMILES string of the molecule is O=C(CN(Cc1ccccc1)C1CC1)Nc1ccc(F)c(Cl)c1. The van der Waals surface area contributed by atoms with Crippen LogP contribution >= 0.6 is 11.6 Å². The number of hydrogen-bond donors (Lipinski definition) is 1. The Morgan fingerprint density at radius 1 is 1.22 bits per heavy atom. The molecule has 0 heterocycles. The van der Waals surface area contributed by atoms with Crippen LogP contribution in [0.25, 0.3) is 0 Å². The maximum atomic E-state index is 13.1. The normalized spacial score (nSPS) is 14.0. The quantitative estimate of drug-likeness (QED) is 0.864. The van der Waals surface area contributed by atoms with Crippen LogP contribution in [-0.2, 0) is 11.3 Å². The molecular formula is C18H18ClFN2O. The molecule has 0 unspecified atom stereocenters. The molecule has 0 aromatic heterocycles. The Morgan fingerprint density at radius 2 is 1.96 bits per heavy atom. The van der Waals surface area contributed by atoms with E-state index in [0.717, 1.165) is 19.4 Å². The van der Waals surface area contributed by atoms with Crippen molar-refractivity contribution < 1.29 is 9.18 Å². The van der Waals surface area contributed by atoms with Gasteiger partial charge >= 0.3 is 0 Å². The number of nitrogens with zero attached hydrogens (tertiary/aromatic N) is 1. The highest BCUT2D eigenvalue weighted by Crippen LogP contribution is 2.28. The lowest BCUT2D eigenvalue weighted by Crippen LogP contribution is -2.34. The van der Waals surface area contributed by atoms with Crippen molar-refractivity contribution in [3.05, 3.63) is 64.9 Å². The van der Waals surface area contributed by atoms with Gasteiger partial charge in [0.15, 0.2) is 0 Å². The molecule has 1 aliphatic carbocycles. The van der Waals surface area contributed by atoms with E-state index in [4.69, 9.17) is 11.6 Å². The molecule has 1 saturated carbocycles. The summed E-state index contributed by atoms with van der Waals surface area (Å²) in [5.41, 5.74) is 1.70. The first-order valence-corrected chi connectivity index (χ1v) is 8.02. The third-order valence-corrected chi connectivity index (χ3v) is 4.13. The van der Waals surface area contributed by atoms with Crippen molar-refractivity contribution in [2.75, 3.05) is 11.9 Å². The number of rotatable bonds is 6. The fourth-order valence-corrected chi connectivity index (χ4v) is 2.71. The number of carbonyl (C=O) groups is 1. The lowest BCUT2D eigenvalue weighted by molar-refractivity contribution is -0.117. The first kappa shape index (κ1) is 16.0. The topological polar surface area (TPSA) is 32.3 Å². The Morgan fingerprint density at radius 3 is 2.61 bits per heavy atom. The van der Waals surface area contributed by atoms with Crippen LogP contribution in [0.15, 0.2) is 48.5 Å². The molecule has 5 heteroatoms. The van der Waals surface area contributed by atoms with Gasteiger partial charge in [0.1, 0.15) is 5.82 Å². The van der Waals surface area contributed by atoms with Gasteiger partial charge in [-0.1, -0.05) is 41.9 Å². The second-order valence-corrected chi connectivity index (χ2v) is 6.21. The molecule has 0 aliphatic heterocycles. The van der Waals surface area contributed by atoms with Gasteiger partial charge in [-0.15, -0.1) is 0 Å². The highest BCUT2D eigenvalue weighted by atomic mass is 35.5. The van der Waals surface area contributed by atoms with E-state index in [1.54, 1.807) is 0 Å². The highest BCUT2D eigenvalue weighted by Gasteiger charge is 2.30. The molecule has 1 fully saturated rings. The van der Waals surface area contributed by atoms with Crippen molar-refractivity contribution >= 4 is 23.2 Å². The van der Waals surface area contributed by atoms with Crippen molar-refractivity contribution in [2.45, 2.75) is 25.4 Å². The third kappa shape index (κ3) is 4.53. The summed E-state index contributed by atoms with van der Waals surface area (Å²) in [6.07, 6.45) is 2.25. The summed E-state index contributed by atoms with van der Waals surface area (Å²) in [5.74, 6) is -0.608. The van der Waals surface area contributed by atoms with Gasteiger partial charge in [-0.3, -0.25) is 9.69 Å². The Bertz CT molecular complexity index is 689. The van der Waals surface area contributed by atoms with Gasteiger partial charge in [0.2, 0.25) is 5.91 Å². The van der Waals surface area contributed by atoms with Crippen LogP contribution in [0.2, 0.25) is 5.02 Å². The maximum absolute atomic E-state index is 13.1. The van der Waals surface area contributed by atoms with E-state index in [1.807, 2.05) is 18.2 Å². The zero-order valence-corrected chi connectivity index (χ0v) is 13.4. The van der Waals surface area contributed by atoms with Gasteiger partial charge in [0, 0.05) is 18.3 Å². The second kappa shape index (κ2) is 7.11. The van der Waals surface area contributed by atoms with Gasteiger partial charge in [0.05, 0.1) is 11.6 Å². The Balaban J connectivity index is 1.61. The van der Waals surface area contributed by atoms with E-state index in [9.17, 15) is 9.18 Å². The molecule has 0 spiro atoms. The summed E-state index contributed by atoms with van der Waals surface area (Å²) in [6.45, 7) is 1.07. The van der Waals surface area contributed by atoms with E-state index >= 15 is 0 Å². The number of hydrogen-bond acceptors (Lipinski definition) is 2. The Hall–Kier alpha value is -1.91. The standard InChI is InChI=1S/C18H18ClFN2O/c19-16-10-14(6-9-17(16)20)21-18(23)12-22(15-7-8-15)11-13-4-2-1-3-5-13/h1-6,9-10,15H,7-8,11-12H2,(H,21,23). The molecule has 3 nitrogen and oxygen atoms in total. The molecule has 23 heavy (non-hydrogen) atoms. The molecule has 1 amide bonds. The predicted molar refractivity (Wildman–Crippen MR) is 89.9 cm³/mol. The average molecular weight is 333 g/mol. The smallest absolute Gasteiger partial charge is 0.238 e. The summed E-state index contributed by atoms with van der Waals surface area (Å²) >= 11 is 5.73. The van der Waals surface area contributed by atoms with Crippen molar-refractivity contribution in [1.82, 2.24) is 4.90 Å². The minimum absolute atomic E-state index is 0.00568. The van der Waals surface area contributed by atoms with Crippen LogP contribution in [0.1, 0.15) is 18.4 Å². The van der Waals surface area contributed by atoms with Gasteiger partial charge in [-0.05, 0) is 36.6 Å².